The average Bonchev–Trinajstić information content (AvgIpc) is 2.25. The Kier molecular flexibility index (Phi) is 10.8. The molecule has 98 valence electrons. The highest BCUT2D eigenvalue weighted by molar-refractivity contribution is 5.72. The summed E-state index contributed by atoms with van der Waals surface area (Å²) >= 11 is 0. The summed E-state index contributed by atoms with van der Waals surface area (Å²) in [6.45, 7) is 15.8. The minimum absolute atomic E-state index is 0.167. The molecular formula is C16H28O. The van der Waals surface area contributed by atoms with E-state index in [1.54, 1.807) is 0 Å². The Labute approximate surface area is 107 Å². The number of Topliss-reactive ketones (excluding diaryl/α,β-unsaturated/α-hetero) is 1. The van der Waals surface area contributed by atoms with Crippen LogP contribution in [-0.2, 0) is 11.2 Å². The highest BCUT2D eigenvalue weighted by atomic mass is 16.1. The normalized spacial score (nSPS) is 8.47. The summed E-state index contributed by atoms with van der Waals surface area (Å²) in [5, 5.41) is 0. The molecule has 0 saturated carbocycles. The molecule has 0 aliphatic heterocycles. The summed E-state index contributed by atoms with van der Waals surface area (Å²) in [5.41, 5.74) is 5.72. The second-order valence-electron chi connectivity index (χ2n) is 4.12. The first-order valence-electron chi connectivity index (χ1n) is 6.42. The van der Waals surface area contributed by atoms with Crippen LogP contribution in [0.3, 0.4) is 0 Å². The molecule has 0 N–H and O–H groups in total. The molecule has 0 saturated heterocycles. The standard InChI is InChI=1S/C11H16.C3H6O.C2H6/c1-5-11-7-9(3)8(2)6-10(11)4;1-3(2)4;1-2/h6-7H,5H2,1-4H3;1-2H3;1-2H3. The zero-order valence-corrected chi connectivity index (χ0v) is 12.8. The maximum atomic E-state index is 9.44. The van der Waals surface area contributed by atoms with Crippen molar-refractivity contribution in [1.29, 1.82) is 0 Å². The first kappa shape index (κ1) is 18.3. The number of benzene rings is 1. The SMILES string of the molecule is CC.CC(C)=O.CCc1cc(C)c(C)cc1C. The van der Waals surface area contributed by atoms with Gasteiger partial charge in [-0.25, -0.2) is 0 Å². The lowest BCUT2D eigenvalue weighted by molar-refractivity contribution is -0.114. The van der Waals surface area contributed by atoms with Crippen LogP contribution in [-0.4, -0.2) is 5.78 Å². The largest absolute Gasteiger partial charge is 0.300 e. The van der Waals surface area contributed by atoms with Crippen LogP contribution in [0.4, 0.5) is 0 Å². The van der Waals surface area contributed by atoms with Crippen molar-refractivity contribution in [2.24, 2.45) is 0 Å². The third-order valence-corrected chi connectivity index (χ3v) is 2.33. The van der Waals surface area contributed by atoms with E-state index in [1.807, 2.05) is 13.8 Å². The first-order valence-corrected chi connectivity index (χ1v) is 6.42. The Balaban J connectivity index is 0. The van der Waals surface area contributed by atoms with E-state index in [2.05, 4.69) is 39.8 Å². The van der Waals surface area contributed by atoms with Crippen molar-refractivity contribution >= 4 is 5.78 Å². The summed E-state index contributed by atoms with van der Waals surface area (Å²) in [5.74, 6) is 0.167. The summed E-state index contributed by atoms with van der Waals surface area (Å²) in [6, 6.07) is 4.57. The molecule has 0 radical (unpaired) electrons. The molecule has 0 aliphatic carbocycles. The van der Waals surface area contributed by atoms with Crippen molar-refractivity contribution in [2.75, 3.05) is 0 Å². The van der Waals surface area contributed by atoms with Gasteiger partial charge in [-0.05, 0) is 63.3 Å². The Morgan fingerprint density at radius 2 is 1.29 bits per heavy atom. The lowest BCUT2D eigenvalue weighted by Gasteiger charge is -2.06. The van der Waals surface area contributed by atoms with E-state index in [9.17, 15) is 4.79 Å². The quantitative estimate of drug-likeness (QED) is 0.684. The second-order valence-corrected chi connectivity index (χ2v) is 4.12. The number of rotatable bonds is 1. The van der Waals surface area contributed by atoms with Gasteiger partial charge in [0.1, 0.15) is 5.78 Å². The van der Waals surface area contributed by atoms with Gasteiger partial charge in [0, 0.05) is 0 Å². The molecule has 0 bridgehead atoms. The molecule has 1 heteroatoms. The van der Waals surface area contributed by atoms with Crippen molar-refractivity contribution in [3.8, 4) is 0 Å². The number of carbonyl (C=O) groups is 1. The van der Waals surface area contributed by atoms with Crippen molar-refractivity contribution < 1.29 is 4.79 Å². The Hall–Kier alpha value is -1.11. The molecular weight excluding hydrogens is 208 g/mol. The minimum atomic E-state index is 0.167. The maximum absolute atomic E-state index is 9.44. The molecule has 0 aromatic heterocycles. The molecule has 0 atom stereocenters. The fraction of sp³-hybridized carbons (Fsp3) is 0.562. The van der Waals surface area contributed by atoms with Gasteiger partial charge in [0.25, 0.3) is 0 Å². The Morgan fingerprint density at radius 1 is 0.941 bits per heavy atom. The summed E-state index contributed by atoms with van der Waals surface area (Å²) in [7, 11) is 0. The van der Waals surface area contributed by atoms with E-state index in [4.69, 9.17) is 0 Å². The van der Waals surface area contributed by atoms with E-state index in [0.29, 0.717) is 0 Å². The van der Waals surface area contributed by atoms with Crippen molar-refractivity contribution in [3.63, 3.8) is 0 Å². The van der Waals surface area contributed by atoms with Crippen LogP contribution in [0.15, 0.2) is 12.1 Å². The molecule has 0 heterocycles. The Morgan fingerprint density at radius 3 is 1.65 bits per heavy atom. The number of hydrogen-bond donors (Lipinski definition) is 0. The monoisotopic (exact) mass is 236 g/mol. The third kappa shape index (κ3) is 8.67. The summed E-state index contributed by atoms with van der Waals surface area (Å²) in [6.07, 6.45) is 1.15. The van der Waals surface area contributed by atoms with Crippen LogP contribution >= 0.6 is 0 Å². The van der Waals surface area contributed by atoms with Gasteiger partial charge in [0.2, 0.25) is 0 Å². The number of hydrogen-bond acceptors (Lipinski definition) is 1. The van der Waals surface area contributed by atoms with Crippen LogP contribution in [0.2, 0.25) is 0 Å². The van der Waals surface area contributed by atoms with Crippen LogP contribution in [0, 0.1) is 20.8 Å². The lowest BCUT2D eigenvalue weighted by atomic mass is 9.99. The number of aryl methyl sites for hydroxylation is 4. The number of carbonyl (C=O) groups excluding carboxylic acids is 1. The highest BCUT2D eigenvalue weighted by Gasteiger charge is 1.98. The van der Waals surface area contributed by atoms with E-state index in [-0.39, 0.29) is 5.78 Å². The van der Waals surface area contributed by atoms with Crippen molar-refractivity contribution in [2.45, 2.75) is 61.8 Å². The molecule has 1 aromatic rings. The van der Waals surface area contributed by atoms with Gasteiger partial charge >= 0.3 is 0 Å². The van der Waals surface area contributed by atoms with E-state index >= 15 is 0 Å². The third-order valence-electron chi connectivity index (χ3n) is 2.33. The molecule has 0 aliphatic rings. The topological polar surface area (TPSA) is 17.1 Å². The molecule has 17 heavy (non-hydrogen) atoms. The van der Waals surface area contributed by atoms with Crippen molar-refractivity contribution in [3.05, 3.63) is 34.4 Å². The molecule has 0 amide bonds. The zero-order chi connectivity index (χ0) is 14.0. The van der Waals surface area contributed by atoms with E-state index in [1.165, 1.54) is 36.1 Å². The van der Waals surface area contributed by atoms with Gasteiger partial charge in [-0.1, -0.05) is 32.9 Å². The van der Waals surface area contributed by atoms with Crippen LogP contribution in [0.1, 0.15) is 56.9 Å². The predicted octanol–water partition coefficient (Wildman–Crippen LogP) is 4.80. The second kappa shape index (κ2) is 10.1. The van der Waals surface area contributed by atoms with Gasteiger partial charge in [-0.15, -0.1) is 0 Å². The fourth-order valence-electron chi connectivity index (χ4n) is 1.40. The average molecular weight is 236 g/mol. The van der Waals surface area contributed by atoms with Gasteiger partial charge in [0.15, 0.2) is 0 Å². The fourth-order valence-corrected chi connectivity index (χ4v) is 1.40. The molecule has 1 nitrogen and oxygen atoms in total. The summed E-state index contributed by atoms with van der Waals surface area (Å²) in [4.78, 5) is 9.44. The molecule has 0 spiro atoms. The Bertz CT molecular complexity index is 334. The first-order chi connectivity index (χ1) is 7.88. The van der Waals surface area contributed by atoms with Crippen LogP contribution in [0.25, 0.3) is 0 Å². The minimum Gasteiger partial charge on any atom is -0.300 e. The maximum Gasteiger partial charge on any atom is 0.126 e. The smallest absolute Gasteiger partial charge is 0.126 e. The van der Waals surface area contributed by atoms with Gasteiger partial charge in [0.05, 0.1) is 0 Å². The van der Waals surface area contributed by atoms with Crippen LogP contribution in [0.5, 0.6) is 0 Å². The molecule has 1 rings (SSSR count). The molecule has 0 fully saturated rings. The molecule has 0 unspecified atom stereocenters. The van der Waals surface area contributed by atoms with E-state index < -0.39 is 0 Å². The zero-order valence-electron chi connectivity index (χ0n) is 12.8. The van der Waals surface area contributed by atoms with Crippen molar-refractivity contribution in [1.82, 2.24) is 0 Å². The predicted molar refractivity (Wildman–Crippen MR) is 77.7 cm³/mol. The van der Waals surface area contributed by atoms with E-state index in [0.717, 1.165) is 6.42 Å². The van der Waals surface area contributed by atoms with Gasteiger partial charge < -0.3 is 4.79 Å². The lowest BCUT2D eigenvalue weighted by Crippen LogP contribution is -1.90. The molecule has 1 aromatic carbocycles. The summed E-state index contributed by atoms with van der Waals surface area (Å²) < 4.78 is 0. The van der Waals surface area contributed by atoms with Gasteiger partial charge in [-0.3, -0.25) is 0 Å². The number of ketones is 1. The highest BCUT2D eigenvalue weighted by Crippen LogP contribution is 2.15. The van der Waals surface area contributed by atoms with Gasteiger partial charge in [-0.2, -0.15) is 0 Å². The van der Waals surface area contributed by atoms with Crippen LogP contribution < -0.4 is 0 Å².